The molecule has 0 fully saturated rings. The fourth-order valence-electron chi connectivity index (χ4n) is 3.34. The van der Waals surface area contributed by atoms with Crippen LogP contribution in [0.1, 0.15) is 27.8 Å². The Morgan fingerprint density at radius 3 is 2.64 bits per heavy atom. The van der Waals surface area contributed by atoms with Gasteiger partial charge in [-0.1, -0.05) is 24.3 Å². The lowest BCUT2D eigenvalue weighted by atomic mass is 10.1. The van der Waals surface area contributed by atoms with Crippen molar-refractivity contribution in [2.24, 2.45) is 7.05 Å². The predicted octanol–water partition coefficient (Wildman–Crippen LogP) is 3.39. The topological polar surface area (TPSA) is 64.7 Å². The summed E-state index contributed by atoms with van der Waals surface area (Å²) in [6.45, 7) is 2.31. The lowest BCUT2D eigenvalue weighted by Gasteiger charge is -2.20. The predicted molar refractivity (Wildman–Crippen MR) is 104 cm³/mol. The van der Waals surface area contributed by atoms with Gasteiger partial charge in [-0.05, 0) is 42.8 Å². The highest BCUT2D eigenvalue weighted by atomic mass is 19.1. The summed E-state index contributed by atoms with van der Waals surface area (Å²) in [5.74, 6) is -0.550. The Balaban J connectivity index is 1.66. The van der Waals surface area contributed by atoms with Crippen molar-refractivity contribution in [1.29, 1.82) is 0 Å². The maximum atomic E-state index is 13.4. The third-order valence-corrected chi connectivity index (χ3v) is 4.72. The third-order valence-electron chi connectivity index (χ3n) is 4.72. The number of fused-ring (bicyclic) bond motifs is 1. The number of carbonyl (C=O) groups excluding carboxylic acids is 1. The van der Waals surface area contributed by atoms with Crippen LogP contribution in [0, 0.1) is 12.7 Å². The average Bonchev–Trinajstić information content (AvgIpc) is 3.24. The van der Waals surface area contributed by atoms with Crippen LogP contribution < -0.4 is 5.32 Å². The van der Waals surface area contributed by atoms with Crippen LogP contribution >= 0.6 is 0 Å². The minimum absolute atomic E-state index is 0.234. The molecule has 1 atom stereocenters. The van der Waals surface area contributed by atoms with Gasteiger partial charge in [0.15, 0.2) is 0 Å². The molecule has 0 spiro atoms. The number of carbonyl (C=O) groups is 1. The first-order valence-corrected chi connectivity index (χ1v) is 8.98. The van der Waals surface area contributed by atoms with Gasteiger partial charge in [0.05, 0.1) is 29.1 Å². The zero-order valence-corrected chi connectivity index (χ0v) is 15.6. The van der Waals surface area contributed by atoms with Crippen molar-refractivity contribution in [3.05, 3.63) is 83.7 Å². The highest BCUT2D eigenvalue weighted by molar-refractivity contribution is 5.93. The minimum atomic E-state index is -0.360. The average molecular weight is 377 g/mol. The van der Waals surface area contributed by atoms with Crippen LogP contribution in [0.2, 0.25) is 0 Å². The van der Waals surface area contributed by atoms with E-state index in [1.54, 1.807) is 36.3 Å². The van der Waals surface area contributed by atoms with Crippen molar-refractivity contribution >= 4 is 16.9 Å². The van der Waals surface area contributed by atoms with Crippen LogP contribution in [0.25, 0.3) is 11.0 Å². The smallest absolute Gasteiger partial charge is 0.270 e. The number of hydrogen-bond donors (Lipinski definition) is 1. The van der Waals surface area contributed by atoms with Crippen molar-refractivity contribution in [1.82, 2.24) is 24.6 Å². The number of imidazole rings is 1. The number of halogens is 1. The second kappa shape index (κ2) is 7.26. The van der Waals surface area contributed by atoms with E-state index >= 15 is 0 Å². The van der Waals surface area contributed by atoms with E-state index in [9.17, 15) is 9.18 Å². The molecular formula is C21H20FN5O. The Hall–Kier alpha value is -3.48. The fourth-order valence-corrected chi connectivity index (χ4v) is 3.34. The minimum Gasteiger partial charge on any atom is -0.342 e. The van der Waals surface area contributed by atoms with Crippen LogP contribution in [0.5, 0.6) is 0 Å². The van der Waals surface area contributed by atoms with Crippen molar-refractivity contribution in [3.63, 3.8) is 0 Å². The SMILES string of the molecule is Cc1cc(C(=O)NC(Cn2cnc3ccccc32)c2ccc(F)cc2)n(C)n1. The molecule has 28 heavy (non-hydrogen) atoms. The summed E-state index contributed by atoms with van der Waals surface area (Å²) in [7, 11) is 1.73. The van der Waals surface area contributed by atoms with Crippen molar-refractivity contribution < 1.29 is 9.18 Å². The number of amides is 1. The molecular weight excluding hydrogens is 357 g/mol. The van der Waals surface area contributed by atoms with Gasteiger partial charge in [0, 0.05) is 13.6 Å². The van der Waals surface area contributed by atoms with Crippen LogP contribution in [-0.2, 0) is 13.6 Å². The fraction of sp³-hybridized carbons (Fsp3) is 0.190. The van der Waals surface area contributed by atoms with Gasteiger partial charge in [0.1, 0.15) is 11.5 Å². The summed E-state index contributed by atoms with van der Waals surface area (Å²) in [6, 6.07) is 15.4. The molecule has 7 heteroatoms. The largest absolute Gasteiger partial charge is 0.342 e. The first-order valence-electron chi connectivity index (χ1n) is 8.98. The highest BCUT2D eigenvalue weighted by Crippen LogP contribution is 2.20. The second-order valence-electron chi connectivity index (χ2n) is 6.76. The van der Waals surface area contributed by atoms with Crippen LogP contribution in [0.15, 0.2) is 60.9 Å². The van der Waals surface area contributed by atoms with E-state index in [0.29, 0.717) is 12.2 Å². The van der Waals surface area contributed by atoms with Gasteiger partial charge in [0.25, 0.3) is 5.91 Å². The normalized spacial score (nSPS) is 12.2. The molecule has 2 aromatic carbocycles. The molecule has 4 rings (SSSR count). The number of para-hydroxylation sites is 2. The molecule has 0 bridgehead atoms. The molecule has 0 aliphatic carbocycles. The molecule has 1 N–H and O–H groups in total. The quantitative estimate of drug-likeness (QED) is 0.580. The summed E-state index contributed by atoms with van der Waals surface area (Å²) >= 11 is 0. The first kappa shape index (κ1) is 17.9. The van der Waals surface area contributed by atoms with Crippen LogP contribution in [0.4, 0.5) is 4.39 Å². The summed E-state index contributed by atoms with van der Waals surface area (Å²) in [4.78, 5) is 17.3. The number of hydrogen-bond acceptors (Lipinski definition) is 3. The Bertz CT molecular complexity index is 1130. The molecule has 0 aliphatic rings. The van der Waals surface area contributed by atoms with Crippen LogP contribution in [-0.4, -0.2) is 25.2 Å². The van der Waals surface area contributed by atoms with Crippen molar-refractivity contribution in [3.8, 4) is 0 Å². The van der Waals surface area contributed by atoms with Crippen molar-refractivity contribution in [2.45, 2.75) is 19.5 Å². The van der Waals surface area contributed by atoms with Crippen LogP contribution in [0.3, 0.4) is 0 Å². The zero-order valence-electron chi connectivity index (χ0n) is 15.6. The molecule has 142 valence electrons. The van der Waals surface area contributed by atoms with Gasteiger partial charge in [0.2, 0.25) is 0 Å². The summed E-state index contributed by atoms with van der Waals surface area (Å²) in [5.41, 5.74) is 3.91. The summed E-state index contributed by atoms with van der Waals surface area (Å²) < 4.78 is 16.9. The van der Waals surface area contributed by atoms with E-state index in [1.807, 2.05) is 35.8 Å². The van der Waals surface area contributed by atoms with E-state index in [2.05, 4.69) is 15.4 Å². The zero-order chi connectivity index (χ0) is 19.7. The lowest BCUT2D eigenvalue weighted by Crippen LogP contribution is -2.32. The maximum absolute atomic E-state index is 13.4. The first-order chi connectivity index (χ1) is 13.5. The summed E-state index contributed by atoms with van der Waals surface area (Å²) in [5, 5.41) is 7.29. The monoisotopic (exact) mass is 377 g/mol. The molecule has 1 amide bonds. The van der Waals surface area contributed by atoms with Gasteiger partial charge < -0.3 is 9.88 Å². The van der Waals surface area contributed by atoms with E-state index < -0.39 is 0 Å². The Kier molecular flexibility index (Phi) is 4.65. The molecule has 1 unspecified atom stereocenters. The van der Waals surface area contributed by atoms with Gasteiger partial charge in [-0.15, -0.1) is 0 Å². The van der Waals surface area contributed by atoms with E-state index in [1.165, 1.54) is 12.1 Å². The number of nitrogens with one attached hydrogen (secondary N) is 1. The molecule has 0 radical (unpaired) electrons. The van der Waals surface area contributed by atoms with E-state index in [-0.39, 0.29) is 17.8 Å². The number of benzene rings is 2. The standard InChI is InChI=1S/C21H20FN5O/c1-14-11-20(26(2)25-14)21(28)24-18(15-7-9-16(22)10-8-15)12-27-13-23-17-5-3-4-6-19(17)27/h3-11,13,18H,12H2,1-2H3,(H,24,28). The number of aryl methyl sites for hydroxylation is 2. The van der Waals surface area contributed by atoms with Gasteiger partial charge >= 0.3 is 0 Å². The van der Waals surface area contributed by atoms with E-state index in [0.717, 1.165) is 22.3 Å². The molecule has 6 nitrogen and oxygen atoms in total. The molecule has 2 heterocycles. The molecule has 0 saturated heterocycles. The van der Waals surface area contributed by atoms with Crippen molar-refractivity contribution in [2.75, 3.05) is 0 Å². The molecule has 4 aromatic rings. The van der Waals surface area contributed by atoms with Gasteiger partial charge in [-0.2, -0.15) is 5.10 Å². The second-order valence-corrected chi connectivity index (χ2v) is 6.76. The Labute approximate surface area is 161 Å². The Morgan fingerprint density at radius 2 is 1.93 bits per heavy atom. The van der Waals surface area contributed by atoms with E-state index in [4.69, 9.17) is 0 Å². The molecule has 0 aliphatic heterocycles. The highest BCUT2D eigenvalue weighted by Gasteiger charge is 2.20. The lowest BCUT2D eigenvalue weighted by molar-refractivity contribution is 0.0923. The maximum Gasteiger partial charge on any atom is 0.270 e. The number of aromatic nitrogens is 4. The van der Waals surface area contributed by atoms with Gasteiger partial charge in [-0.3, -0.25) is 9.48 Å². The summed E-state index contributed by atoms with van der Waals surface area (Å²) in [6.07, 6.45) is 1.75. The molecule has 0 saturated carbocycles. The number of rotatable bonds is 5. The van der Waals surface area contributed by atoms with Gasteiger partial charge in [-0.25, -0.2) is 9.37 Å². The molecule has 2 aromatic heterocycles. The Morgan fingerprint density at radius 1 is 1.18 bits per heavy atom. The third kappa shape index (κ3) is 3.51. The number of nitrogens with zero attached hydrogens (tertiary/aromatic N) is 4.